The second kappa shape index (κ2) is 5.40. The molecule has 0 aliphatic carbocycles. The van der Waals surface area contributed by atoms with E-state index in [0.29, 0.717) is 10.8 Å². The van der Waals surface area contributed by atoms with Crippen LogP contribution in [0.2, 0.25) is 0 Å². The molecule has 1 fully saturated rings. The van der Waals surface area contributed by atoms with Gasteiger partial charge < -0.3 is 10.0 Å². The second-order valence-electron chi connectivity index (χ2n) is 4.05. The summed E-state index contributed by atoms with van der Waals surface area (Å²) in [6.07, 6.45) is 4.21. The summed E-state index contributed by atoms with van der Waals surface area (Å²) in [5, 5.41) is 9.74. The fourth-order valence-electron chi connectivity index (χ4n) is 2.01. The fraction of sp³-hybridized carbons (Fsp3) is 0.500. The number of pyridine rings is 1. The maximum absolute atomic E-state index is 11.1. The Morgan fingerprint density at radius 2 is 2.53 bits per heavy atom. The van der Waals surface area contributed by atoms with Gasteiger partial charge in [-0.2, -0.15) is 11.8 Å². The molecule has 1 N–H and O–H groups in total. The number of hydrogen-bond acceptors (Lipinski definition) is 4. The number of thioether (sulfide) groups is 1. The summed E-state index contributed by atoms with van der Waals surface area (Å²) < 4.78 is 0. The molecule has 1 aromatic rings. The molecule has 0 spiro atoms. The summed E-state index contributed by atoms with van der Waals surface area (Å²) in [7, 11) is 0. The predicted molar refractivity (Wildman–Crippen MR) is 69.9 cm³/mol. The number of carbonyl (C=O) groups is 1. The Balaban J connectivity index is 2.24. The quantitative estimate of drug-likeness (QED) is 0.893. The van der Waals surface area contributed by atoms with Crippen molar-refractivity contribution >= 4 is 23.4 Å². The van der Waals surface area contributed by atoms with Crippen molar-refractivity contribution in [2.45, 2.75) is 18.6 Å². The summed E-state index contributed by atoms with van der Waals surface area (Å²) in [5.41, 5.74) is 1.10. The van der Waals surface area contributed by atoms with Crippen LogP contribution in [0.5, 0.6) is 0 Å². The van der Waals surface area contributed by atoms with Gasteiger partial charge in [0, 0.05) is 36.5 Å². The smallest absolute Gasteiger partial charge is 0.339 e. The Morgan fingerprint density at radius 3 is 3.24 bits per heavy atom. The van der Waals surface area contributed by atoms with Gasteiger partial charge in [-0.25, -0.2) is 4.79 Å². The Morgan fingerprint density at radius 1 is 1.71 bits per heavy atom. The number of rotatable bonds is 3. The second-order valence-corrected chi connectivity index (χ2v) is 5.45. The number of anilines is 1. The number of nitrogens with zero attached hydrogens (tertiary/aromatic N) is 2. The lowest BCUT2D eigenvalue weighted by atomic mass is 10.2. The van der Waals surface area contributed by atoms with Gasteiger partial charge in [0.15, 0.2) is 0 Å². The van der Waals surface area contributed by atoms with E-state index in [1.807, 2.05) is 11.8 Å². The number of aromatic carboxylic acids is 1. The van der Waals surface area contributed by atoms with Gasteiger partial charge in [-0.05, 0) is 12.5 Å². The zero-order valence-electron chi connectivity index (χ0n) is 9.80. The average molecular weight is 252 g/mol. The van der Waals surface area contributed by atoms with Crippen LogP contribution in [0.4, 0.5) is 5.69 Å². The fourth-order valence-corrected chi connectivity index (χ4v) is 3.19. The molecule has 2 heterocycles. The SMILES string of the molecule is CCC1CN(c2ccncc2C(=O)O)CCS1. The van der Waals surface area contributed by atoms with E-state index in [4.69, 9.17) is 5.11 Å². The molecule has 2 rings (SSSR count). The molecule has 17 heavy (non-hydrogen) atoms. The van der Waals surface area contributed by atoms with Crippen LogP contribution in [-0.4, -0.2) is 40.2 Å². The average Bonchev–Trinajstić information content (AvgIpc) is 2.39. The zero-order valence-corrected chi connectivity index (χ0v) is 10.6. The number of hydrogen-bond donors (Lipinski definition) is 1. The summed E-state index contributed by atoms with van der Waals surface area (Å²) in [6, 6.07) is 1.80. The Labute approximate surface area is 105 Å². The van der Waals surface area contributed by atoms with E-state index in [0.717, 1.165) is 31.0 Å². The van der Waals surface area contributed by atoms with Gasteiger partial charge >= 0.3 is 5.97 Å². The van der Waals surface area contributed by atoms with Crippen molar-refractivity contribution in [1.82, 2.24) is 4.98 Å². The Bertz CT molecular complexity index is 411. The third kappa shape index (κ3) is 2.72. The standard InChI is InChI=1S/C12H16N2O2S/c1-2-9-8-14(5-6-17-9)11-3-4-13-7-10(11)12(15)16/h3-4,7,9H,2,5-6,8H2,1H3,(H,15,16). The first-order valence-electron chi connectivity index (χ1n) is 5.76. The highest BCUT2D eigenvalue weighted by atomic mass is 32.2. The number of carboxylic acids is 1. The lowest BCUT2D eigenvalue weighted by molar-refractivity contribution is 0.0697. The van der Waals surface area contributed by atoms with Gasteiger partial charge in [-0.15, -0.1) is 0 Å². The third-order valence-corrected chi connectivity index (χ3v) is 4.34. The molecule has 0 saturated carbocycles. The summed E-state index contributed by atoms with van der Waals surface area (Å²) in [4.78, 5) is 17.2. The van der Waals surface area contributed by atoms with E-state index in [1.165, 1.54) is 6.20 Å². The lowest BCUT2D eigenvalue weighted by Crippen LogP contribution is -2.38. The van der Waals surface area contributed by atoms with E-state index >= 15 is 0 Å². The van der Waals surface area contributed by atoms with E-state index in [-0.39, 0.29) is 0 Å². The minimum absolute atomic E-state index is 0.300. The van der Waals surface area contributed by atoms with Crippen LogP contribution in [0.1, 0.15) is 23.7 Å². The summed E-state index contributed by atoms with van der Waals surface area (Å²) in [6.45, 7) is 4.00. The van der Waals surface area contributed by atoms with Crippen LogP contribution in [-0.2, 0) is 0 Å². The molecule has 1 unspecified atom stereocenters. The van der Waals surface area contributed by atoms with E-state index in [2.05, 4.69) is 16.8 Å². The van der Waals surface area contributed by atoms with Crippen LogP contribution in [0.3, 0.4) is 0 Å². The Hall–Kier alpha value is -1.23. The van der Waals surface area contributed by atoms with E-state index < -0.39 is 5.97 Å². The molecule has 1 saturated heterocycles. The molecule has 92 valence electrons. The topological polar surface area (TPSA) is 53.4 Å². The highest BCUT2D eigenvalue weighted by Gasteiger charge is 2.22. The van der Waals surface area contributed by atoms with Crippen LogP contribution >= 0.6 is 11.8 Å². The normalized spacial score (nSPS) is 20.3. The van der Waals surface area contributed by atoms with Crippen LogP contribution < -0.4 is 4.90 Å². The van der Waals surface area contributed by atoms with Crippen molar-refractivity contribution in [3.8, 4) is 0 Å². The largest absolute Gasteiger partial charge is 0.478 e. The van der Waals surface area contributed by atoms with Crippen molar-refractivity contribution < 1.29 is 9.90 Å². The highest BCUT2D eigenvalue weighted by molar-refractivity contribution is 8.00. The third-order valence-electron chi connectivity index (χ3n) is 2.96. The van der Waals surface area contributed by atoms with Gasteiger partial charge in [0.2, 0.25) is 0 Å². The molecule has 0 amide bonds. The molecule has 0 aromatic carbocycles. The van der Waals surface area contributed by atoms with Crippen LogP contribution in [0.25, 0.3) is 0 Å². The first kappa shape index (κ1) is 12.2. The molecule has 1 aliphatic rings. The molecule has 4 nitrogen and oxygen atoms in total. The molecule has 0 bridgehead atoms. The van der Waals surface area contributed by atoms with Gasteiger partial charge in [-0.1, -0.05) is 6.92 Å². The van der Waals surface area contributed by atoms with Gasteiger partial charge in [0.05, 0.1) is 5.69 Å². The van der Waals surface area contributed by atoms with Crippen molar-refractivity contribution in [3.05, 3.63) is 24.0 Å². The van der Waals surface area contributed by atoms with Crippen molar-refractivity contribution in [2.75, 3.05) is 23.7 Å². The Kier molecular flexibility index (Phi) is 3.89. The number of carboxylic acid groups (broad SMARTS) is 1. The van der Waals surface area contributed by atoms with E-state index in [9.17, 15) is 4.79 Å². The van der Waals surface area contributed by atoms with Crippen molar-refractivity contribution in [2.24, 2.45) is 0 Å². The molecule has 1 atom stereocenters. The van der Waals surface area contributed by atoms with Crippen LogP contribution in [0.15, 0.2) is 18.5 Å². The van der Waals surface area contributed by atoms with Crippen LogP contribution in [0, 0.1) is 0 Å². The lowest BCUT2D eigenvalue weighted by Gasteiger charge is -2.34. The molecule has 0 radical (unpaired) electrons. The van der Waals surface area contributed by atoms with E-state index in [1.54, 1.807) is 12.3 Å². The minimum atomic E-state index is -0.903. The van der Waals surface area contributed by atoms with Gasteiger partial charge in [-0.3, -0.25) is 4.98 Å². The van der Waals surface area contributed by atoms with Crippen molar-refractivity contribution in [3.63, 3.8) is 0 Å². The summed E-state index contributed by atoms with van der Waals surface area (Å²) in [5.74, 6) is 0.152. The predicted octanol–water partition coefficient (Wildman–Crippen LogP) is 2.11. The zero-order chi connectivity index (χ0) is 12.3. The monoisotopic (exact) mass is 252 g/mol. The maximum Gasteiger partial charge on any atom is 0.339 e. The molecule has 1 aromatic heterocycles. The van der Waals surface area contributed by atoms with Crippen molar-refractivity contribution in [1.29, 1.82) is 0 Å². The van der Waals surface area contributed by atoms with Gasteiger partial charge in [0.1, 0.15) is 5.56 Å². The highest BCUT2D eigenvalue weighted by Crippen LogP contribution is 2.27. The van der Waals surface area contributed by atoms with Gasteiger partial charge in [0.25, 0.3) is 0 Å². The molecular formula is C12H16N2O2S. The number of aromatic nitrogens is 1. The maximum atomic E-state index is 11.1. The molecule has 5 heteroatoms. The first-order valence-corrected chi connectivity index (χ1v) is 6.81. The first-order chi connectivity index (χ1) is 8.22. The molecular weight excluding hydrogens is 236 g/mol. The molecule has 1 aliphatic heterocycles. The minimum Gasteiger partial charge on any atom is -0.478 e. The summed E-state index contributed by atoms with van der Waals surface area (Å²) >= 11 is 1.97.